The zero-order chi connectivity index (χ0) is 13.2. The van der Waals surface area contributed by atoms with Crippen LogP contribution in [0.15, 0.2) is 11.0 Å². The van der Waals surface area contributed by atoms with Gasteiger partial charge >= 0.3 is 5.69 Å². The van der Waals surface area contributed by atoms with Crippen LogP contribution < -0.4 is 11.0 Å². The molecule has 1 amide bonds. The van der Waals surface area contributed by atoms with Crippen molar-refractivity contribution < 1.29 is 4.79 Å². The van der Waals surface area contributed by atoms with Crippen molar-refractivity contribution in [2.45, 2.75) is 31.7 Å². The molecule has 2 aliphatic rings. The maximum absolute atomic E-state index is 12.2. The lowest BCUT2D eigenvalue weighted by molar-refractivity contribution is 0.0669. The molecule has 6 heteroatoms. The van der Waals surface area contributed by atoms with Crippen molar-refractivity contribution in [2.75, 3.05) is 19.6 Å². The van der Waals surface area contributed by atoms with Gasteiger partial charge in [0.2, 0.25) is 0 Å². The van der Waals surface area contributed by atoms with Crippen LogP contribution in [0.25, 0.3) is 0 Å². The largest absolute Gasteiger partial charge is 0.337 e. The average Bonchev–Trinajstić information content (AvgIpc) is 3.09. The number of likely N-dealkylation sites (tertiary alicyclic amines) is 1. The number of hydrogen-bond acceptors (Lipinski definition) is 3. The van der Waals surface area contributed by atoms with Gasteiger partial charge in [-0.2, -0.15) is 0 Å². The van der Waals surface area contributed by atoms with Crippen LogP contribution in [0.1, 0.15) is 36.2 Å². The van der Waals surface area contributed by atoms with Crippen LogP contribution in [0, 0.1) is 5.92 Å². The number of carbonyl (C=O) groups excluding carboxylic acids is 1. The van der Waals surface area contributed by atoms with E-state index < -0.39 is 0 Å². The summed E-state index contributed by atoms with van der Waals surface area (Å²) >= 11 is 0. The second-order valence-electron chi connectivity index (χ2n) is 5.49. The van der Waals surface area contributed by atoms with Crippen molar-refractivity contribution in [1.29, 1.82) is 0 Å². The van der Waals surface area contributed by atoms with Crippen LogP contribution in [0.4, 0.5) is 0 Å². The maximum atomic E-state index is 12.2. The highest BCUT2D eigenvalue weighted by molar-refractivity contribution is 5.92. The molecule has 0 saturated carbocycles. The van der Waals surface area contributed by atoms with Gasteiger partial charge in [-0.1, -0.05) is 0 Å². The van der Waals surface area contributed by atoms with Gasteiger partial charge in [0.15, 0.2) is 0 Å². The highest BCUT2D eigenvalue weighted by Gasteiger charge is 2.30. The number of H-pyrrole nitrogens is 2. The molecule has 1 atom stereocenters. The Balaban J connectivity index is 1.57. The summed E-state index contributed by atoms with van der Waals surface area (Å²) < 4.78 is 0. The molecule has 19 heavy (non-hydrogen) atoms. The Hall–Kier alpha value is -1.56. The van der Waals surface area contributed by atoms with E-state index in [1.54, 1.807) is 0 Å². The van der Waals surface area contributed by atoms with Gasteiger partial charge in [-0.05, 0) is 38.1 Å². The average molecular weight is 264 g/mol. The van der Waals surface area contributed by atoms with Gasteiger partial charge in [-0.15, -0.1) is 0 Å². The predicted octanol–water partition coefficient (Wildman–Crippen LogP) is 0.307. The number of imidazole rings is 1. The molecule has 0 aliphatic carbocycles. The molecule has 3 rings (SSSR count). The summed E-state index contributed by atoms with van der Waals surface area (Å²) in [4.78, 5) is 30.0. The topological polar surface area (TPSA) is 81.0 Å². The van der Waals surface area contributed by atoms with Crippen LogP contribution >= 0.6 is 0 Å². The van der Waals surface area contributed by atoms with Gasteiger partial charge in [0.25, 0.3) is 5.91 Å². The third kappa shape index (κ3) is 2.58. The smallest absolute Gasteiger partial charge is 0.323 e. The van der Waals surface area contributed by atoms with E-state index in [4.69, 9.17) is 0 Å². The van der Waals surface area contributed by atoms with Crippen molar-refractivity contribution in [3.63, 3.8) is 0 Å². The fourth-order valence-electron chi connectivity index (χ4n) is 3.24. The van der Waals surface area contributed by atoms with Crippen molar-refractivity contribution in [3.8, 4) is 0 Å². The molecule has 2 aliphatic heterocycles. The first kappa shape index (κ1) is 12.5. The molecule has 1 unspecified atom stereocenters. The Bertz CT molecular complexity index is 493. The Morgan fingerprint density at radius 2 is 2.05 bits per heavy atom. The third-order valence-corrected chi connectivity index (χ3v) is 4.32. The summed E-state index contributed by atoms with van der Waals surface area (Å²) in [6, 6.07) is 0.643. The van der Waals surface area contributed by atoms with Gasteiger partial charge in [0.1, 0.15) is 5.69 Å². The van der Waals surface area contributed by atoms with Crippen molar-refractivity contribution in [3.05, 3.63) is 22.4 Å². The number of piperidine rings is 1. The van der Waals surface area contributed by atoms with Crippen molar-refractivity contribution in [2.24, 2.45) is 5.92 Å². The van der Waals surface area contributed by atoms with E-state index >= 15 is 0 Å². The maximum Gasteiger partial charge on any atom is 0.323 e. The Morgan fingerprint density at radius 3 is 2.63 bits per heavy atom. The van der Waals surface area contributed by atoms with E-state index in [1.807, 2.05) is 4.90 Å². The molecule has 6 nitrogen and oxygen atoms in total. The van der Waals surface area contributed by atoms with E-state index in [0.717, 1.165) is 32.5 Å². The number of aromatic amines is 2. The number of nitrogens with zero attached hydrogens (tertiary/aromatic N) is 1. The van der Waals surface area contributed by atoms with Crippen LogP contribution in [-0.4, -0.2) is 46.5 Å². The van der Waals surface area contributed by atoms with Gasteiger partial charge in [0.05, 0.1) is 0 Å². The first-order chi connectivity index (χ1) is 9.24. The molecule has 1 aromatic rings. The summed E-state index contributed by atoms with van der Waals surface area (Å²) in [6.45, 7) is 2.71. The second kappa shape index (κ2) is 5.21. The third-order valence-electron chi connectivity index (χ3n) is 4.32. The van der Waals surface area contributed by atoms with Gasteiger partial charge in [-0.3, -0.25) is 4.79 Å². The lowest BCUT2D eigenvalue weighted by atomic mass is 9.88. The van der Waals surface area contributed by atoms with E-state index in [0.29, 0.717) is 17.7 Å². The number of rotatable bonds is 2. The fraction of sp³-hybridized carbons (Fsp3) is 0.692. The molecule has 0 spiro atoms. The highest BCUT2D eigenvalue weighted by Crippen LogP contribution is 2.26. The molecule has 0 radical (unpaired) electrons. The molecule has 0 bridgehead atoms. The van der Waals surface area contributed by atoms with Crippen molar-refractivity contribution in [1.82, 2.24) is 20.2 Å². The zero-order valence-corrected chi connectivity index (χ0v) is 10.9. The molecule has 3 N–H and O–H groups in total. The minimum atomic E-state index is -0.326. The van der Waals surface area contributed by atoms with Gasteiger partial charge < -0.3 is 20.2 Å². The monoisotopic (exact) mass is 264 g/mol. The zero-order valence-electron chi connectivity index (χ0n) is 10.9. The molecule has 2 fully saturated rings. The summed E-state index contributed by atoms with van der Waals surface area (Å²) in [5.74, 6) is 0.619. The van der Waals surface area contributed by atoms with Crippen LogP contribution in [0.2, 0.25) is 0 Å². The Kier molecular flexibility index (Phi) is 3.42. The molecule has 3 heterocycles. The lowest BCUT2D eigenvalue weighted by Crippen LogP contribution is -2.43. The van der Waals surface area contributed by atoms with E-state index in [1.165, 1.54) is 19.0 Å². The SMILES string of the molecule is O=C(c1c[nH]c(=O)[nH]1)N1CCC(C2CCCN2)CC1. The number of amides is 1. The van der Waals surface area contributed by atoms with Crippen LogP contribution in [-0.2, 0) is 0 Å². The van der Waals surface area contributed by atoms with Crippen molar-refractivity contribution >= 4 is 5.91 Å². The summed E-state index contributed by atoms with van der Waals surface area (Å²) in [7, 11) is 0. The summed E-state index contributed by atoms with van der Waals surface area (Å²) in [6.07, 6.45) is 6.10. The number of hydrogen-bond donors (Lipinski definition) is 3. The Labute approximate surface area is 111 Å². The number of nitrogens with one attached hydrogen (secondary N) is 3. The normalized spacial score (nSPS) is 24.8. The molecule has 0 aromatic carbocycles. The predicted molar refractivity (Wildman–Crippen MR) is 71.1 cm³/mol. The quantitative estimate of drug-likeness (QED) is 0.719. The molecular formula is C13H20N4O2. The number of carbonyl (C=O) groups is 1. The summed E-state index contributed by atoms with van der Waals surface area (Å²) in [5, 5.41) is 3.55. The first-order valence-corrected chi connectivity index (χ1v) is 7.04. The molecule has 1 aromatic heterocycles. The molecular weight excluding hydrogens is 244 g/mol. The summed E-state index contributed by atoms with van der Waals surface area (Å²) in [5.41, 5.74) is 0.0378. The number of aromatic nitrogens is 2. The second-order valence-corrected chi connectivity index (χ2v) is 5.49. The van der Waals surface area contributed by atoms with E-state index in [-0.39, 0.29) is 11.6 Å². The van der Waals surface area contributed by atoms with Gasteiger partial charge in [-0.25, -0.2) is 4.79 Å². The Morgan fingerprint density at radius 1 is 1.26 bits per heavy atom. The minimum Gasteiger partial charge on any atom is -0.337 e. The fourth-order valence-corrected chi connectivity index (χ4v) is 3.24. The van der Waals surface area contributed by atoms with Gasteiger partial charge in [0, 0.05) is 25.3 Å². The van der Waals surface area contributed by atoms with E-state index in [9.17, 15) is 9.59 Å². The first-order valence-electron chi connectivity index (χ1n) is 7.04. The molecule has 2 saturated heterocycles. The lowest BCUT2D eigenvalue weighted by Gasteiger charge is -2.34. The van der Waals surface area contributed by atoms with Crippen LogP contribution in [0.5, 0.6) is 0 Å². The molecule has 104 valence electrons. The van der Waals surface area contributed by atoms with E-state index in [2.05, 4.69) is 15.3 Å². The van der Waals surface area contributed by atoms with Crippen LogP contribution in [0.3, 0.4) is 0 Å². The highest BCUT2D eigenvalue weighted by atomic mass is 16.2. The standard InChI is InChI=1S/C13H20N4O2/c18-12(11-8-15-13(19)16-11)17-6-3-9(4-7-17)10-2-1-5-14-10/h8-10,14H,1-7H2,(H2,15,16,19). The minimum absolute atomic E-state index is 0.0730.